The van der Waals surface area contributed by atoms with E-state index >= 15 is 0 Å². The second-order valence-electron chi connectivity index (χ2n) is 8.37. The number of ether oxygens (including phenoxy) is 2. The van der Waals surface area contributed by atoms with E-state index in [1.807, 2.05) is 84.9 Å². The van der Waals surface area contributed by atoms with Crippen molar-refractivity contribution in [3.63, 3.8) is 0 Å². The van der Waals surface area contributed by atoms with Crippen LogP contribution in [0, 0.1) is 0 Å². The molecule has 0 aliphatic carbocycles. The van der Waals surface area contributed by atoms with Gasteiger partial charge in [0.15, 0.2) is 0 Å². The molecule has 0 aliphatic heterocycles. The summed E-state index contributed by atoms with van der Waals surface area (Å²) >= 11 is 10.8. The van der Waals surface area contributed by atoms with Crippen LogP contribution in [0.5, 0.6) is 23.0 Å². The lowest BCUT2D eigenvalue weighted by atomic mass is 10.1. The highest BCUT2D eigenvalue weighted by Crippen LogP contribution is 2.29. The molecule has 0 aliphatic rings. The largest absolute Gasteiger partial charge is 0.457 e. The molecule has 0 atom stereocenters. The van der Waals surface area contributed by atoms with E-state index in [-0.39, 0.29) is 0 Å². The molecule has 1 aromatic heterocycles. The Kier molecular flexibility index (Phi) is 7.92. The van der Waals surface area contributed by atoms with Gasteiger partial charge in [0, 0.05) is 21.9 Å². The van der Waals surface area contributed by atoms with E-state index in [2.05, 4.69) is 0 Å². The van der Waals surface area contributed by atoms with Crippen LogP contribution in [-0.2, 0) is 0 Å². The van der Waals surface area contributed by atoms with Crippen molar-refractivity contribution in [1.82, 2.24) is 0 Å². The molecule has 5 nitrogen and oxygen atoms in total. The molecule has 0 bridgehead atoms. The molecule has 0 fully saturated rings. The number of rotatable bonds is 6. The molecule has 0 spiro atoms. The Balaban J connectivity index is 0.000000168. The minimum absolute atomic E-state index is 0.436. The molecule has 0 saturated heterocycles. The van der Waals surface area contributed by atoms with Gasteiger partial charge >= 0.3 is 0 Å². The van der Waals surface area contributed by atoms with Crippen LogP contribution in [0.15, 0.2) is 126 Å². The average molecular weight is 555 g/mol. The van der Waals surface area contributed by atoms with Crippen molar-refractivity contribution < 1.29 is 23.5 Å². The first-order valence-corrected chi connectivity index (χ1v) is 12.6. The molecule has 6 rings (SSSR count). The second-order valence-corrected chi connectivity index (χ2v) is 9.06. The first-order valence-electron chi connectivity index (χ1n) is 11.9. The molecule has 0 amide bonds. The second kappa shape index (κ2) is 11.9. The zero-order valence-corrected chi connectivity index (χ0v) is 21.9. The van der Waals surface area contributed by atoms with Crippen molar-refractivity contribution in [1.29, 1.82) is 0 Å². The highest BCUT2D eigenvalue weighted by Gasteiger charge is 2.09. The van der Waals surface area contributed by atoms with E-state index in [9.17, 15) is 9.59 Å². The molecular weight excluding hydrogens is 535 g/mol. The lowest BCUT2D eigenvalue weighted by Crippen LogP contribution is -1.89. The van der Waals surface area contributed by atoms with E-state index in [0.717, 1.165) is 27.9 Å². The predicted molar refractivity (Wildman–Crippen MR) is 154 cm³/mol. The minimum Gasteiger partial charge on any atom is -0.457 e. The summed E-state index contributed by atoms with van der Waals surface area (Å²) in [6.45, 7) is 0. The van der Waals surface area contributed by atoms with Crippen LogP contribution in [-0.4, -0.2) is 10.5 Å². The normalized spacial score (nSPS) is 10.5. The van der Waals surface area contributed by atoms with Crippen LogP contribution in [0.3, 0.4) is 0 Å². The van der Waals surface area contributed by atoms with E-state index in [4.69, 9.17) is 37.1 Å². The SMILES string of the molecule is O=C(Cl)c1ccc(Oc2ccc(Oc3ccccc3)cc2)cc1.O=C(Cl)c1ccc2c(c1)oc1ccccc12. The van der Waals surface area contributed by atoms with Crippen molar-refractivity contribution in [2.45, 2.75) is 0 Å². The summed E-state index contributed by atoms with van der Waals surface area (Å²) < 4.78 is 17.1. The van der Waals surface area contributed by atoms with Crippen molar-refractivity contribution in [2.75, 3.05) is 0 Å². The predicted octanol–water partition coefficient (Wildman–Crippen LogP) is 9.62. The molecule has 5 aromatic carbocycles. The molecule has 6 aromatic rings. The number of benzene rings is 5. The first kappa shape index (κ1) is 26.0. The zero-order chi connectivity index (χ0) is 27.2. The third kappa shape index (κ3) is 6.47. The fraction of sp³-hybridized carbons (Fsp3) is 0. The fourth-order valence-corrected chi connectivity index (χ4v) is 4.08. The molecule has 0 N–H and O–H groups in total. The molecule has 0 radical (unpaired) electrons. The smallest absolute Gasteiger partial charge is 0.252 e. The topological polar surface area (TPSA) is 65.7 Å². The van der Waals surface area contributed by atoms with E-state index in [0.29, 0.717) is 28.2 Å². The lowest BCUT2D eigenvalue weighted by molar-refractivity contribution is 0.107. The summed E-state index contributed by atoms with van der Waals surface area (Å²) in [5.74, 6) is 2.81. The number of fused-ring (bicyclic) bond motifs is 3. The Morgan fingerprint density at radius 1 is 0.487 bits per heavy atom. The average Bonchev–Trinajstić information content (AvgIpc) is 3.33. The van der Waals surface area contributed by atoms with Crippen molar-refractivity contribution in [2.24, 2.45) is 0 Å². The molecule has 1 heterocycles. The summed E-state index contributed by atoms with van der Waals surface area (Å²) in [5, 5.41) is 1.09. The van der Waals surface area contributed by atoms with Crippen molar-refractivity contribution >= 4 is 55.6 Å². The van der Waals surface area contributed by atoms with E-state index < -0.39 is 10.5 Å². The summed E-state index contributed by atoms with van der Waals surface area (Å²) in [7, 11) is 0. The van der Waals surface area contributed by atoms with Crippen LogP contribution in [0.1, 0.15) is 20.7 Å². The number of para-hydroxylation sites is 2. The van der Waals surface area contributed by atoms with Gasteiger partial charge in [0.2, 0.25) is 0 Å². The molecule has 192 valence electrons. The number of furan rings is 1. The Morgan fingerprint density at radius 2 is 0.949 bits per heavy atom. The van der Waals surface area contributed by atoms with Gasteiger partial charge in [0.1, 0.15) is 34.2 Å². The minimum atomic E-state index is -0.487. The Labute approximate surface area is 234 Å². The van der Waals surface area contributed by atoms with E-state index in [1.165, 1.54) is 0 Å². The lowest BCUT2D eigenvalue weighted by Gasteiger charge is -2.08. The fourth-order valence-electron chi connectivity index (χ4n) is 3.84. The van der Waals surface area contributed by atoms with Crippen molar-refractivity contribution in [3.05, 3.63) is 132 Å². The number of halogens is 2. The highest BCUT2D eigenvalue weighted by atomic mass is 35.5. The zero-order valence-electron chi connectivity index (χ0n) is 20.3. The van der Waals surface area contributed by atoms with Gasteiger partial charge in [-0.2, -0.15) is 0 Å². The van der Waals surface area contributed by atoms with Gasteiger partial charge in [-0.3, -0.25) is 9.59 Å². The first-order chi connectivity index (χ1) is 19.0. The van der Waals surface area contributed by atoms with Crippen LogP contribution in [0.25, 0.3) is 21.9 Å². The summed E-state index contributed by atoms with van der Waals surface area (Å²) in [6.07, 6.45) is 0. The maximum absolute atomic E-state index is 11.0. The molecule has 7 heteroatoms. The van der Waals surface area contributed by atoms with Gasteiger partial charge in [-0.05, 0) is 108 Å². The van der Waals surface area contributed by atoms with Gasteiger partial charge in [0.25, 0.3) is 10.5 Å². The van der Waals surface area contributed by atoms with Gasteiger partial charge in [0.05, 0.1) is 0 Å². The monoisotopic (exact) mass is 554 g/mol. The summed E-state index contributed by atoms with van der Waals surface area (Å²) in [4.78, 5) is 22.0. The van der Waals surface area contributed by atoms with Crippen LogP contribution < -0.4 is 9.47 Å². The molecule has 0 unspecified atom stereocenters. The summed E-state index contributed by atoms with van der Waals surface area (Å²) in [6, 6.07) is 36.5. The number of hydrogen-bond acceptors (Lipinski definition) is 5. The van der Waals surface area contributed by atoms with Crippen LogP contribution in [0.4, 0.5) is 0 Å². The van der Waals surface area contributed by atoms with Gasteiger partial charge < -0.3 is 13.9 Å². The quantitative estimate of drug-likeness (QED) is 0.192. The summed E-state index contributed by atoms with van der Waals surface area (Å²) in [5.41, 5.74) is 2.39. The molecule has 0 saturated carbocycles. The maximum atomic E-state index is 11.0. The maximum Gasteiger partial charge on any atom is 0.252 e. The Bertz CT molecular complexity index is 1740. The van der Waals surface area contributed by atoms with E-state index in [1.54, 1.807) is 36.4 Å². The molecular formula is C32H20Cl2O5. The standard InChI is InChI=1S/C19H13ClO3.C13H7ClO2/c20-19(21)14-6-8-16(9-7-14)23-18-12-10-17(11-13-18)22-15-4-2-1-3-5-15;14-13(15)8-5-6-10-9-3-1-2-4-11(9)16-12(10)7-8/h1-13H;1-7H. The van der Waals surface area contributed by atoms with Crippen LogP contribution in [0.2, 0.25) is 0 Å². The number of carbonyl (C=O) groups excluding carboxylic acids is 2. The highest BCUT2D eigenvalue weighted by molar-refractivity contribution is 6.68. The van der Waals surface area contributed by atoms with Gasteiger partial charge in [-0.1, -0.05) is 36.4 Å². The van der Waals surface area contributed by atoms with Crippen molar-refractivity contribution in [3.8, 4) is 23.0 Å². The van der Waals surface area contributed by atoms with Gasteiger partial charge in [-0.15, -0.1) is 0 Å². The Hall–Kier alpha value is -4.58. The Morgan fingerprint density at radius 3 is 1.54 bits per heavy atom. The molecule has 39 heavy (non-hydrogen) atoms. The number of carbonyl (C=O) groups is 2. The van der Waals surface area contributed by atoms with Crippen LogP contribution >= 0.6 is 23.2 Å². The third-order valence-electron chi connectivity index (χ3n) is 5.73. The van der Waals surface area contributed by atoms with Gasteiger partial charge in [-0.25, -0.2) is 0 Å². The number of hydrogen-bond donors (Lipinski definition) is 0. The third-order valence-corrected chi connectivity index (χ3v) is 6.16.